The van der Waals surface area contributed by atoms with Crippen LogP contribution in [0.2, 0.25) is 0 Å². The van der Waals surface area contributed by atoms with Crippen molar-refractivity contribution < 1.29 is 4.74 Å². The van der Waals surface area contributed by atoms with Crippen LogP contribution in [0, 0.1) is 11.8 Å². The molecule has 0 heterocycles. The van der Waals surface area contributed by atoms with Crippen LogP contribution in [-0.2, 0) is 4.74 Å². The van der Waals surface area contributed by atoms with Crippen molar-refractivity contribution >= 4 is 0 Å². The highest BCUT2D eigenvalue weighted by Crippen LogP contribution is 2.28. The summed E-state index contributed by atoms with van der Waals surface area (Å²) < 4.78 is 6.06. The summed E-state index contributed by atoms with van der Waals surface area (Å²) in [5.41, 5.74) is 0. The molecule has 1 fully saturated rings. The van der Waals surface area contributed by atoms with Crippen molar-refractivity contribution in [1.29, 1.82) is 0 Å². The second-order valence-corrected chi connectivity index (χ2v) is 6.95. The first-order valence-corrected chi connectivity index (χ1v) is 9.04. The number of hydrogen-bond donors (Lipinski definition) is 1. The second-order valence-electron chi connectivity index (χ2n) is 6.95. The zero-order valence-electron chi connectivity index (χ0n) is 14.1. The predicted molar refractivity (Wildman–Crippen MR) is 88.2 cm³/mol. The van der Waals surface area contributed by atoms with E-state index in [0.717, 1.165) is 25.0 Å². The van der Waals surface area contributed by atoms with E-state index in [-0.39, 0.29) is 0 Å². The van der Waals surface area contributed by atoms with Crippen LogP contribution in [0.5, 0.6) is 0 Å². The van der Waals surface area contributed by atoms with Crippen LogP contribution in [0.25, 0.3) is 0 Å². The van der Waals surface area contributed by atoms with E-state index in [2.05, 4.69) is 26.1 Å². The third kappa shape index (κ3) is 8.97. The van der Waals surface area contributed by atoms with Crippen molar-refractivity contribution in [2.24, 2.45) is 11.8 Å². The summed E-state index contributed by atoms with van der Waals surface area (Å²) in [7, 11) is 0. The quantitative estimate of drug-likeness (QED) is 0.551. The lowest BCUT2D eigenvalue weighted by molar-refractivity contribution is 0.0107. The van der Waals surface area contributed by atoms with E-state index in [4.69, 9.17) is 4.74 Å². The van der Waals surface area contributed by atoms with Crippen LogP contribution in [-0.4, -0.2) is 25.8 Å². The van der Waals surface area contributed by atoms with E-state index in [1.807, 2.05) is 0 Å². The molecular weight excluding hydrogens is 246 g/mol. The van der Waals surface area contributed by atoms with Crippen molar-refractivity contribution in [2.45, 2.75) is 84.7 Å². The molecule has 2 heteroatoms. The maximum Gasteiger partial charge on any atom is 0.0577 e. The highest BCUT2D eigenvalue weighted by atomic mass is 16.5. The van der Waals surface area contributed by atoms with Gasteiger partial charge in [-0.25, -0.2) is 0 Å². The van der Waals surface area contributed by atoms with Gasteiger partial charge >= 0.3 is 0 Å². The van der Waals surface area contributed by atoms with E-state index >= 15 is 0 Å². The van der Waals surface area contributed by atoms with Gasteiger partial charge in [-0.3, -0.25) is 0 Å². The zero-order chi connectivity index (χ0) is 14.6. The fourth-order valence-electron chi connectivity index (χ4n) is 3.11. The molecule has 1 N–H and O–H groups in total. The molecule has 2 nitrogen and oxygen atoms in total. The molecule has 1 saturated carbocycles. The van der Waals surface area contributed by atoms with Crippen LogP contribution < -0.4 is 5.32 Å². The van der Waals surface area contributed by atoms with Crippen LogP contribution >= 0.6 is 0 Å². The molecule has 0 aromatic carbocycles. The summed E-state index contributed by atoms with van der Waals surface area (Å²) in [5.74, 6) is 1.70. The van der Waals surface area contributed by atoms with E-state index in [0.29, 0.717) is 6.10 Å². The lowest BCUT2D eigenvalue weighted by Gasteiger charge is -2.28. The summed E-state index contributed by atoms with van der Waals surface area (Å²) in [4.78, 5) is 0. The molecule has 2 unspecified atom stereocenters. The third-order valence-electron chi connectivity index (χ3n) is 4.47. The van der Waals surface area contributed by atoms with E-state index in [9.17, 15) is 0 Å². The number of rotatable bonds is 11. The topological polar surface area (TPSA) is 21.3 Å². The van der Waals surface area contributed by atoms with Crippen LogP contribution in [0.3, 0.4) is 0 Å². The van der Waals surface area contributed by atoms with Gasteiger partial charge in [0.1, 0.15) is 0 Å². The van der Waals surface area contributed by atoms with Gasteiger partial charge in [0.25, 0.3) is 0 Å². The van der Waals surface area contributed by atoms with Gasteiger partial charge < -0.3 is 10.1 Å². The minimum absolute atomic E-state index is 0.571. The lowest BCUT2D eigenvalue weighted by atomic mass is 9.85. The summed E-state index contributed by atoms with van der Waals surface area (Å²) in [6.07, 6.45) is 12.6. The fourth-order valence-corrected chi connectivity index (χ4v) is 3.11. The first-order valence-electron chi connectivity index (χ1n) is 9.04. The maximum atomic E-state index is 6.06. The maximum absolute atomic E-state index is 6.06. The standard InChI is InChI=1S/C18H37NO/c1-4-17-10-9-11-18(14-17)20-13-8-6-5-7-12-19-15-16(2)3/h16-19H,4-15H2,1-3H3. The summed E-state index contributed by atoms with van der Waals surface area (Å²) in [5, 5.41) is 3.51. The van der Waals surface area contributed by atoms with Gasteiger partial charge in [-0.1, -0.05) is 52.9 Å². The zero-order valence-corrected chi connectivity index (χ0v) is 14.1. The van der Waals surface area contributed by atoms with Crippen LogP contribution in [0.15, 0.2) is 0 Å². The van der Waals surface area contributed by atoms with Gasteiger partial charge in [-0.05, 0) is 50.6 Å². The fraction of sp³-hybridized carbons (Fsp3) is 1.00. The van der Waals surface area contributed by atoms with Gasteiger partial charge in [0.15, 0.2) is 0 Å². The molecule has 120 valence electrons. The Kier molecular flexibility index (Phi) is 10.4. The lowest BCUT2D eigenvalue weighted by Crippen LogP contribution is -2.23. The van der Waals surface area contributed by atoms with Gasteiger partial charge in [0.05, 0.1) is 6.10 Å². The van der Waals surface area contributed by atoms with Crippen LogP contribution in [0.4, 0.5) is 0 Å². The Labute approximate surface area is 127 Å². The molecule has 1 aliphatic rings. The normalized spacial score (nSPS) is 23.4. The molecule has 20 heavy (non-hydrogen) atoms. The highest BCUT2D eigenvalue weighted by molar-refractivity contribution is 4.72. The van der Waals surface area contributed by atoms with E-state index < -0.39 is 0 Å². The minimum atomic E-state index is 0.571. The Hall–Kier alpha value is -0.0800. The third-order valence-corrected chi connectivity index (χ3v) is 4.47. The Morgan fingerprint density at radius 1 is 1.10 bits per heavy atom. The average Bonchev–Trinajstić information content (AvgIpc) is 2.45. The van der Waals surface area contributed by atoms with Gasteiger partial charge in [0, 0.05) is 6.61 Å². The first kappa shape index (κ1) is 18.0. The number of nitrogens with one attached hydrogen (secondary N) is 1. The Balaban J connectivity index is 1.85. The van der Waals surface area contributed by atoms with Gasteiger partial charge in [-0.15, -0.1) is 0 Å². The second kappa shape index (κ2) is 11.6. The summed E-state index contributed by atoms with van der Waals surface area (Å²) in [6, 6.07) is 0. The van der Waals surface area contributed by atoms with Crippen molar-refractivity contribution in [2.75, 3.05) is 19.7 Å². The van der Waals surface area contributed by atoms with Crippen molar-refractivity contribution in [3.05, 3.63) is 0 Å². The van der Waals surface area contributed by atoms with Crippen molar-refractivity contribution in [1.82, 2.24) is 5.32 Å². The molecule has 0 aromatic rings. The monoisotopic (exact) mass is 283 g/mol. The van der Waals surface area contributed by atoms with Gasteiger partial charge in [0.2, 0.25) is 0 Å². The highest BCUT2D eigenvalue weighted by Gasteiger charge is 2.20. The Morgan fingerprint density at radius 2 is 1.90 bits per heavy atom. The molecule has 0 radical (unpaired) electrons. The van der Waals surface area contributed by atoms with Gasteiger partial charge in [-0.2, -0.15) is 0 Å². The SMILES string of the molecule is CCC1CCCC(OCCCCCCNCC(C)C)C1. The first-order chi connectivity index (χ1) is 9.72. The molecule has 0 saturated heterocycles. The molecule has 2 atom stereocenters. The van der Waals surface area contributed by atoms with E-state index in [1.165, 1.54) is 64.3 Å². The molecule has 0 amide bonds. The molecule has 0 aromatic heterocycles. The smallest absolute Gasteiger partial charge is 0.0577 e. The molecule has 1 rings (SSSR count). The largest absolute Gasteiger partial charge is 0.378 e. The van der Waals surface area contributed by atoms with Crippen molar-refractivity contribution in [3.63, 3.8) is 0 Å². The number of ether oxygens (including phenoxy) is 1. The summed E-state index contributed by atoms with van der Waals surface area (Å²) >= 11 is 0. The number of unbranched alkanes of at least 4 members (excludes halogenated alkanes) is 3. The molecular formula is C18H37NO. The van der Waals surface area contributed by atoms with Crippen molar-refractivity contribution in [3.8, 4) is 0 Å². The molecule has 0 bridgehead atoms. The Morgan fingerprint density at radius 3 is 2.65 bits per heavy atom. The average molecular weight is 284 g/mol. The predicted octanol–water partition coefficient (Wildman–Crippen LogP) is 4.78. The summed E-state index contributed by atoms with van der Waals surface area (Å²) in [6.45, 7) is 10.2. The number of hydrogen-bond acceptors (Lipinski definition) is 2. The van der Waals surface area contributed by atoms with Crippen LogP contribution in [0.1, 0.15) is 78.6 Å². The Bertz CT molecular complexity index is 217. The molecule has 1 aliphatic carbocycles. The van der Waals surface area contributed by atoms with E-state index in [1.54, 1.807) is 0 Å². The molecule has 0 spiro atoms. The minimum Gasteiger partial charge on any atom is -0.378 e. The molecule has 0 aliphatic heterocycles.